The number of Topliss-reactive ketones (excluding diaryl/α,β-unsaturated/α-hetero) is 1. The summed E-state index contributed by atoms with van der Waals surface area (Å²) in [6.45, 7) is 10.6. The Hall–Kier alpha value is -1.90. The molecule has 0 aliphatic heterocycles. The molecular formula is C17H22N2O. The fourth-order valence-electron chi connectivity index (χ4n) is 2.81. The van der Waals surface area contributed by atoms with Crippen LogP contribution in [0.15, 0.2) is 24.5 Å². The van der Waals surface area contributed by atoms with E-state index in [-0.39, 0.29) is 5.78 Å². The average Bonchev–Trinajstić information content (AvgIpc) is 2.75. The molecular weight excluding hydrogens is 248 g/mol. The van der Waals surface area contributed by atoms with Crippen molar-refractivity contribution in [2.24, 2.45) is 0 Å². The molecule has 1 aromatic heterocycles. The largest absolute Gasteiger partial charge is 0.327 e. The van der Waals surface area contributed by atoms with Crippen LogP contribution in [0.2, 0.25) is 0 Å². The first-order valence-corrected chi connectivity index (χ1v) is 7.02. The van der Waals surface area contributed by atoms with Gasteiger partial charge in [0.05, 0.1) is 6.54 Å². The summed E-state index contributed by atoms with van der Waals surface area (Å²) in [6.07, 6.45) is 3.64. The molecule has 0 N–H and O–H groups in total. The highest BCUT2D eigenvalue weighted by Crippen LogP contribution is 2.19. The van der Waals surface area contributed by atoms with Crippen LogP contribution in [0.25, 0.3) is 0 Å². The molecule has 0 atom stereocenters. The van der Waals surface area contributed by atoms with E-state index in [2.05, 4.69) is 37.9 Å². The lowest BCUT2D eigenvalue weighted by atomic mass is 9.96. The molecule has 0 amide bonds. The van der Waals surface area contributed by atoms with Gasteiger partial charge in [-0.25, -0.2) is 4.98 Å². The molecule has 1 aromatic carbocycles. The van der Waals surface area contributed by atoms with Gasteiger partial charge in [0, 0.05) is 23.9 Å². The fraction of sp³-hybridized carbons (Fsp3) is 0.412. The Labute approximate surface area is 120 Å². The molecule has 3 heteroatoms. The Bertz CT molecular complexity index is 615. The van der Waals surface area contributed by atoms with Crippen molar-refractivity contribution in [1.82, 2.24) is 9.55 Å². The first-order valence-electron chi connectivity index (χ1n) is 7.02. The van der Waals surface area contributed by atoms with Crippen LogP contribution in [0, 0.1) is 20.8 Å². The van der Waals surface area contributed by atoms with Gasteiger partial charge in [-0.1, -0.05) is 31.5 Å². The molecule has 106 valence electrons. The zero-order chi connectivity index (χ0) is 14.9. The van der Waals surface area contributed by atoms with Crippen LogP contribution < -0.4 is 0 Å². The topological polar surface area (TPSA) is 34.9 Å². The summed E-state index contributed by atoms with van der Waals surface area (Å²) < 4.78 is 1.95. The maximum Gasteiger partial charge on any atom is 0.183 e. The van der Waals surface area contributed by atoms with Crippen LogP contribution in [-0.2, 0) is 6.54 Å². The molecule has 0 bridgehead atoms. The normalized spacial score (nSPS) is 11.1. The van der Waals surface area contributed by atoms with E-state index in [1.165, 1.54) is 5.56 Å². The summed E-state index contributed by atoms with van der Waals surface area (Å²) in [5.41, 5.74) is 4.15. The summed E-state index contributed by atoms with van der Waals surface area (Å²) in [7, 11) is 0. The van der Waals surface area contributed by atoms with E-state index in [1.54, 1.807) is 6.20 Å². The number of carbonyl (C=O) groups excluding carboxylic acids is 1. The summed E-state index contributed by atoms with van der Waals surface area (Å²) in [6, 6.07) is 4.13. The molecule has 3 nitrogen and oxygen atoms in total. The quantitative estimate of drug-likeness (QED) is 0.792. The Morgan fingerprint density at radius 3 is 2.35 bits per heavy atom. The van der Waals surface area contributed by atoms with Gasteiger partial charge in [-0.3, -0.25) is 4.79 Å². The smallest absolute Gasteiger partial charge is 0.183 e. The number of ketones is 1. The number of carbonyl (C=O) groups is 1. The average molecular weight is 270 g/mol. The van der Waals surface area contributed by atoms with Gasteiger partial charge in [0.25, 0.3) is 0 Å². The van der Waals surface area contributed by atoms with Crippen LogP contribution in [0.4, 0.5) is 0 Å². The third kappa shape index (κ3) is 2.82. The van der Waals surface area contributed by atoms with Crippen LogP contribution >= 0.6 is 0 Å². The van der Waals surface area contributed by atoms with Crippen molar-refractivity contribution in [3.05, 3.63) is 52.6 Å². The number of aromatic nitrogens is 2. The number of benzene rings is 1. The molecule has 0 radical (unpaired) electrons. The lowest BCUT2D eigenvalue weighted by molar-refractivity contribution is 0.0969. The summed E-state index contributed by atoms with van der Waals surface area (Å²) in [5.74, 6) is 1.43. The van der Waals surface area contributed by atoms with Gasteiger partial charge in [-0.05, 0) is 31.9 Å². The van der Waals surface area contributed by atoms with Crippen LogP contribution in [0.3, 0.4) is 0 Å². The molecule has 0 aliphatic rings. The zero-order valence-corrected chi connectivity index (χ0v) is 12.9. The van der Waals surface area contributed by atoms with Crippen molar-refractivity contribution in [3.8, 4) is 0 Å². The highest BCUT2D eigenvalue weighted by Gasteiger charge is 2.16. The van der Waals surface area contributed by atoms with Gasteiger partial charge >= 0.3 is 0 Å². The van der Waals surface area contributed by atoms with E-state index in [0.29, 0.717) is 12.5 Å². The van der Waals surface area contributed by atoms with Gasteiger partial charge < -0.3 is 4.57 Å². The van der Waals surface area contributed by atoms with E-state index in [4.69, 9.17) is 0 Å². The van der Waals surface area contributed by atoms with Gasteiger partial charge in [0.2, 0.25) is 0 Å². The zero-order valence-electron chi connectivity index (χ0n) is 12.9. The predicted molar refractivity (Wildman–Crippen MR) is 81.3 cm³/mol. The molecule has 0 saturated carbocycles. The Balaban J connectivity index is 2.31. The Morgan fingerprint density at radius 2 is 1.80 bits per heavy atom. The molecule has 20 heavy (non-hydrogen) atoms. The van der Waals surface area contributed by atoms with E-state index in [9.17, 15) is 4.79 Å². The summed E-state index contributed by atoms with van der Waals surface area (Å²) >= 11 is 0. The third-order valence-corrected chi connectivity index (χ3v) is 3.53. The molecule has 0 spiro atoms. The van der Waals surface area contributed by atoms with Gasteiger partial charge in [-0.15, -0.1) is 0 Å². The van der Waals surface area contributed by atoms with Crippen molar-refractivity contribution >= 4 is 5.78 Å². The molecule has 0 fully saturated rings. The van der Waals surface area contributed by atoms with Gasteiger partial charge in [-0.2, -0.15) is 0 Å². The number of aryl methyl sites for hydroxylation is 3. The molecule has 2 rings (SSSR count). The number of hydrogen-bond acceptors (Lipinski definition) is 2. The number of rotatable bonds is 4. The minimum Gasteiger partial charge on any atom is -0.327 e. The van der Waals surface area contributed by atoms with Crippen molar-refractivity contribution in [3.63, 3.8) is 0 Å². The molecule has 1 heterocycles. The van der Waals surface area contributed by atoms with Crippen molar-refractivity contribution in [2.75, 3.05) is 0 Å². The maximum absolute atomic E-state index is 12.6. The second-order valence-corrected chi connectivity index (χ2v) is 5.76. The second-order valence-electron chi connectivity index (χ2n) is 5.76. The first kappa shape index (κ1) is 14.5. The minimum atomic E-state index is 0.153. The van der Waals surface area contributed by atoms with Crippen molar-refractivity contribution in [1.29, 1.82) is 0 Å². The lowest BCUT2D eigenvalue weighted by Gasteiger charge is -2.13. The monoisotopic (exact) mass is 270 g/mol. The van der Waals surface area contributed by atoms with Gasteiger partial charge in [0.1, 0.15) is 5.82 Å². The minimum absolute atomic E-state index is 0.153. The number of imidazole rings is 1. The summed E-state index contributed by atoms with van der Waals surface area (Å²) in [5, 5.41) is 0. The maximum atomic E-state index is 12.6. The summed E-state index contributed by atoms with van der Waals surface area (Å²) in [4.78, 5) is 16.9. The second kappa shape index (κ2) is 5.61. The van der Waals surface area contributed by atoms with Gasteiger partial charge in [0.15, 0.2) is 5.78 Å². The fourth-order valence-corrected chi connectivity index (χ4v) is 2.81. The number of nitrogens with zero attached hydrogens (tertiary/aromatic N) is 2. The first-order chi connectivity index (χ1) is 9.40. The standard InChI is InChI=1S/C17H22N2O/c1-11(2)17-18-6-7-19(17)10-15(20)16-13(4)8-12(3)9-14(16)5/h6-9,11H,10H2,1-5H3. The van der Waals surface area contributed by atoms with E-state index >= 15 is 0 Å². The SMILES string of the molecule is Cc1cc(C)c(C(=O)Cn2ccnc2C(C)C)c(C)c1. The van der Waals surface area contributed by atoms with Crippen LogP contribution in [-0.4, -0.2) is 15.3 Å². The molecule has 0 unspecified atom stereocenters. The lowest BCUT2D eigenvalue weighted by Crippen LogP contribution is -2.15. The highest BCUT2D eigenvalue weighted by atomic mass is 16.1. The molecule has 0 saturated heterocycles. The molecule has 0 aliphatic carbocycles. The Kier molecular flexibility index (Phi) is 4.07. The third-order valence-electron chi connectivity index (χ3n) is 3.53. The van der Waals surface area contributed by atoms with E-state index < -0.39 is 0 Å². The van der Waals surface area contributed by atoms with Crippen LogP contribution in [0.1, 0.15) is 52.6 Å². The molecule has 2 aromatic rings. The highest BCUT2D eigenvalue weighted by molar-refractivity contribution is 5.98. The van der Waals surface area contributed by atoms with E-state index in [0.717, 1.165) is 22.5 Å². The van der Waals surface area contributed by atoms with Crippen molar-refractivity contribution < 1.29 is 4.79 Å². The van der Waals surface area contributed by atoms with Crippen LogP contribution in [0.5, 0.6) is 0 Å². The predicted octanol–water partition coefficient (Wildman–Crippen LogP) is 3.81. The van der Waals surface area contributed by atoms with Crippen molar-refractivity contribution in [2.45, 2.75) is 47.1 Å². The number of hydrogen-bond donors (Lipinski definition) is 0. The van der Waals surface area contributed by atoms with E-state index in [1.807, 2.05) is 24.6 Å². The Morgan fingerprint density at radius 1 is 1.20 bits per heavy atom.